The first-order chi connectivity index (χ1) is 9.65. The zero-order chi connectivity index (χ0) is 16.2. The smallest absolute Gasteiger partial charge is 0.324 e. The largest absolute Gasteiger partial charge is 0.481 e. The Bertz CT molecular complexity index is 661. The van der Waals surface area contributed by atoms with Crippen molar-refractivity contribution in [2.45, 2.75) is 30.7 Å². The first kappa shape index (κ1) is 17.0. The van der Waals surface area contributed by atoms with E-state index in [-0.39, 0.29) is 12.8 Å². The van der Waals surface area contributed by atoms with E-state index in [4.69, 9.17) is 5.11 Å². The Morgan fingerprint density at radius 2 is 2.14 bits per heavy atom. The summed E-state index contributed by atoms with van der Waals surface area (Å²) in [6.45, 7) is 1.41. The average Bonchev–Trinajstić information content (AvgIpc) is 2.35. The Morgan fingerprint density at radius 3 is 2.67 bits per heavy atom. The normalized spacial score (nSPS) is 12.9. The molecule has 0 amide bonds. The van der Waals surface area contributed by atoms with Crippen molar-refractivity contribution in [3.63, 3.8) is 0 Å². The summed E-state index contributed by atoms with van der Waals surface area (Å²) in [5.41, 5.74) is -1.14. The van der Waals surface area contributed by atoms with Crippen LogP contribution in [0.5, 0.6) is 0 Å². The van der Waals surface area contributed by atoms with E-state index in [0.717, 1.165) is 18.2 Å². The third kappa shape index (κ3) is 4.46. The fourth-order valence-corrected chi connectivity index (χ4v) is 3.08. The Balaban J connectivity index is 3.06. The highest BCUT2D eigenvalue weighted by atomic mass is 32.2. The van der Waals surface area contributed by atoms with Crippen molar-refractivity contribution in [1.29, 1.82) is 0 Å². The maximum Gasteiger partial charge on any atom is 0.324 e. The van der Waals surface area contributed by atoms with Crippen LogP contribution in [0.15, 0.2) is 23.1 Å². The predicted molar refractivity (Wildman–Crippen MR) is 69.7 cm³/mol. The van der Waals surface area contributed by atoms with Crippen molar-refractivity contribution in [3.8, 4) is 0 Å². The first-order valence-corrected chi connectivity index (χ1v) is 7.30. The summed E-state index contributed by atoms with van der Waals surface area (Å²) in [7, 11) is -4.33. The minimum atomic E-state index is -4.33. The van der Waals surface area contributed by atoms with Gasteiger partial charge in [0.05, 0.1) is 4.92 Å². The highest BCUT2D eigenvalue weighted by Crippen LogP contribution is 2.26. The second-order valence-electron chi connectivity index (χ2n) is 4.30. The summed E-state index contributed by atoms with van der Waals surface area (Å²) < 4.78 is 39.6. The number of nitro benzene ring substituents is 1. The molecule has 10 heteroatoms. The van der Waals surface area contributed by atoms with Crippen LogP contribution in [0, 0.1) is 15.9 Å². The summed E-state index contributed by atoms with van der Waals surface area (Å²) >= 11 is 0. The number of halogens is 1. The van der Waals surface area contributed by atoms with Crippen LogP contribution in [0.4, 0.5) is 10.1 Å². The Labute approximate surface area is 119 Å². The van der Waals surface area contributed by atoms with Gasteiger partial charge in [0.2, 0.25) is 15.8 Å². The lowest BCUT2D eigenvalue weighted by Gasteiger charge is -2.13. The molecule has 0 bridgehead atoms. The van der Waals surface area contributed by atoms with Crippen LogP contribution in [-0.2, 0) is 14.8 Å². The summed E-state index contributed by atoms with van der Waals surface area (Å²) in [5.74, 6) is -2.36. The molecule has 0 aromatic heterocycles. The van der Waals surface area contributed by atoms with Gasteiger partial charge < -0.3 is 5.11 Å². The van der Waals surface area contributed by atoms with E-state index in [1.165, 1.54) is 6.92 Å². The zero-order valence-corrected chi connectivity index (χ0v) is 11.8. The molecule has 1 aromatic carbocycles. The van der Waals surface area contributed by atoms with Crippen molar-refractivity contribution in [3.05, 3.63) is 34.1 Å². The van der Waals surface area contributed by atoms with Crippen molar-refractivity contribution in [2.75, 3.05) is 0 Å². The number of nitrogens with zero attached hydrogens (tertiary/aromatic N) is 1. The summed E-state index contributed by atoms with van der Waals surface area (Å²) in [6, 6.07) is 1.96. The number of nitro groups is 1. The number of carboxylic acid groups (broad SMARTS) is 1. The second kappa shape index (κ2) is 6.59. The Kier molecular flexibility index (Phi) is 5.33. The van der Waals surface area contributed by atoms with Crippen LogP contribution >= 0.6 is 0 Å². The van der Waals surface area contributed by atoms with E-state index < -0.39 is 43.4 Å². The maximum atomic E-state index is 13.4. The van der Waals surface area contributed by atoms with Gasteiger partial charge >= 0.3 is 11.7 Å². The lowest BCUT2D eigenvalue weighted by Crippen LogP contribution is -2.33. The number of hydrogen-bond donors (Lipinski definition) is 2. The molecule has 1 unspecified atom stereocenters. The van der Waals surface area contributed by atoms with Gasteiger partial charge in [-0.3, -0.25) is 14.9 Å². The molecule has 0 aliphatic carbocycles. The van der Waals surface area contributed by atoms with Crippen molar-refractivity contribution in [1.82, 2.24) is 4.72 Å². The van der Waals surface area contributed by atoms with Gasteiger partial charge in [0.25, 0.3) is 0 Å². The van der Waals surface area contributed by atoms with Gasteiger partial charge in [0, 0.05) is 12.5 Å². The zero-order valence-electron chi connectivity index (χ0n) is 10.9. The van der Waals surface area contributed by atoms with Crippen LogP contribution < -0.4 is 4.72 Å². The molecule has 0 saturated carbocycles. The number of rotatable bonds is 7. The van der Waals surface area contributed by atoms with Gasteiger partial charge in [-0.2, -0.15) is 4.39 Å². The molecule has 116 valence electrons. The summed E-state index contributed by atoms with van der Waals surface area (Å²) in [4.78, 5) is 19.3. The van der Waals surface area contributed by atoms with Crippen LogP contribution in [0.1, 0.15) is 19.8 Å². The number of hydrogen-bond acceptors (Lipinski definition) is 5. The lowest BCUT2D eigenvalue weighted by atomic mass is 10.2. The van der Waals surface area contributed by atoms with Gasteiger partial charge in [-0.05, 0) is 25.5 Å². The second-order valence-corrected chi connectivity index (χ2v) is 5.98. The molecule has 2 N–H and O–H groups in total. The van der Waals surface area contributed by atoms with E-state index in [1.54, 1.807) is 0 Å². The standard InChI is InChI=1S/C11H13FN2O6S/c1-7(5-6-10(15)16)13-21(19,20)9-4-2-3-8(12)11(9)14(17)18/h2-4,7,13H,5-6H2,1H3,(H,15,16). The van der Waals surface area contributed by atoms with Crippen LogP contribution in [0.2, 0.25) is 0 Å². The molecule has 1 rings (SSSR count). The summed E-state index contributed by atoms with van der Waals surface area (Å²) in [5, 5.41) is 19.3. The van der Waals surface area contributed by atoms with Crippen molar-refractivity contribution < 1.29 is 27.6 Å². The molecular weight excluding hydrogens is 307 g/mol. The molecule has 0 aliphatic heterocycles. The molecule has 21 heavy (non-hydrogen) atoms. The minimum absolute atomic E-state index is 0.00230. The number of aliphatic carboxylic acids is 1. The topological polar surface area (TPSA) is 127 Å². The summed E-state index contributed by atoms with van der Waals surface area (Å²) in [6.07, 6.45) is -0.271. The Hall–Kier alpha value is -2.07. The Morgan fingerprint density at radius 1 is 1.52 bits per heavy atom. The fraction of sp³-hybridized carbons (Fsp3) is 0.364. The number of sulfonamides is 1. The van der Waals surface area contributed by atoms with E-state index >= 15 is 0 Å². The van der Waals surface area contributed by atoms with Crippen LogP contribution in [0.3, 0.4) is 0 Å². The van der Waals surface area contributed by atoms with Gasteiger partial charge in [0.1, 0.15) is 0 Å². The minimum Gasteiger partial charge on any atom is -0.481 e. The highest BCUT2D eigenvalue weighted by Gasteiger charge is 2.30. The first-order valence-electron chi connectivity index (χ1n) is 5.82. The number of nitrogens with one attached hydrogen (secondary N) is 1. The SMILES string of the molecule is CC(CCC(=O)O)NS(=O)(=O)c1cccc(F)c1[N+](=O)[O-]. The number of para-hydroxylation sites is 1. The van der Waals surface area contributed by atoms with Crippen LogP contribution in [0.25, 0.3) is 0 Å². The van der Waals surface area contributed by atoms with Gasteiger partial charge in [-0.1, -0.05) is 6.07 Å². The molecule has 0 spiro atoms. The molecular formula is C11H13FN2O6S. The number of carbonyl (C=O) groups is 1. The molecule has 1 atom stereocenters. The molecule has 0 aliphatic rings. The molecule has 1 aromatic rings. The van der Waals surface area contributed by atoms with Gasteiger partial charge in [-0.15, -0.1) is 0 Å². The number of carboxylic acids is 1. The third-order valence-corrected chi connectivity index (χ3v) is 4.19. The molecule has 0 radical (unpaired) electrons. The van der Waals surface area contributed by atoms with Gasteiger partial charge in [0.15, 0.2) is 4.90 Å². The molecule has 8 nitrogen and oxygen atoms in total. The molecule has 0 saturated heterocycles. The van der Waals surface area contributed by atoms with Gasteiger partial charge in [-0.25, -0.2) is 13.1 Å². The maximum absolute atomic E-state index is 13.4. The quantitative estimate of drug-likeness (QED) is 0.575. The lowest BCUT2D eigenvalue weighted by molar-refractivity contribution is -0.390. The fourth-order valence-electron chi connectivity index (χ4n) is 1.62. The van der Waals surface area contributed by atoms with Crippen molar-refractivity contribution >= 4 is 21.7 Å². The van der Waals surface area contributed by atoms with E-state index in [9.17, 15) is 27.7 Å². The number of benzene rings is 1. The third-order valence-electron chi connectivity index (χ3n) is 2.57. The van der Waals surface area contributed by atoms with Crippen LogP contribution in [-0.4, -0.2) is 30.5 Å². The van der Waals surface area contributed by atoms with Crippen molar-refractivity contribution in [2.24, 2.45) is 0 Å². The molecule has 0 heterocycles. The average molecular weight is 320 g/mol. The monoisotopic (exact) mass is 320 g/mol. The van der Waals surface area contributed by atoms with E-state index in [1.807, 2.05) is 0 Å². The van der Waals surface area contributed by atoms with E-state index in [2.05, 4.69) is 4.72 Å². The molecule has 0 fully saturated rings. The van der Waals surface area contributed by atoms with E-state index in [0.29, 0.717) is 0 Å². The highest BCUT2D eigenvalue weighted by molar-refractivity contribution is 7.89. The predicted octanol–water partition coefficient (Wildman–Crippen LogP) is 1.27.